The lowest BCUT2D eigenvalue weighted by Gasteiger charge is -2.37. The summed E-state index contributed by atoms with van der Waals surface area (Å²) in [5.41, 5.74) is 2.09. The predicted octanol–water partition coefficient (Wildman–Crippen LogP) is 11.1. The van der Waals surface area contributed by atoms with E-state index >= 15 is 0 Å². The fraction of sp³-hybridized carbons (Fsp3) is 0.571. The third kappa shape index (κ3) is 13.4. The van der Waals surface area contributed by atoms with Crippen molar-refractivity contribution in [2.24, 2.45) is 0 Å². The molecule has 3 heteroatoms. The molecule has 0 saturated heterocycles. The van der Waals surface area contributed by atoms with Crippen molar-refractivity contribution < 1.29 is 14.9 Å². The summed E-state index contributed by atoms with van der Waals surface area (Å²) >= 11 is 0. The Morgan fingerprint density at radius 3 is 1.09 bits per heavy atom. The third-order valence-electron chi connectivity index (χ3n) is 9.31. The average molecular weight is 615 g/mol. The van der Waals surface area contributed by atoms with Crippen LogP contribution in [0.2, 0.25) is 0 Å². The molecule has 0 radical (unpaired) electrons. The highest BCUT2D eigenvalue weighted by Gasteiger charge is 2.38. The van der Waals surface area contributed by atoms with Gasteiger partial charge in [-0.05, 0) is 23.1 Å². The Balaban J connectivity index is 1.32. The van der Waals surface area contributed by atoms with E-state index in [0.717, 1.165) is 29.5 Å². The third-order valence-corrected chi connectivity index (χ3v) is 9.31. The minimum absolute atomic E-state index is 0.0406. The first-order chi connectivity index (χ1) is 22.2. The van der Waals surface area contributed by atoms with Crippen LogP contribution < -0.4 is 0 Å². The van der Waals surface area contributed by atoms with Crippen LogP contribution in [0.1, 0.15) is 146 Å². The van der Waals surface area contributed by atoms with Crippen molar-refractivity contribution in [1.82, 2.24) is 0 Å². The van der Waals surface area contributed by atoms with Crippen molar-refractivity contribution in [2.75, 3.05) is 6.61 Å². The number of unbranched alkanes of at least 4 members (excludes halogenated alkanes) is 17. The van der Waals surface area contributed by atoms with Gasteiger partial charge in [-0.2, -0.15) is 0 Å². The molecule has 248 valence electrons. The van der Waals surface area contributed by atoms with Crippen LogP contribution in [0.5, 0.6) is 0 Å². The van der Waals surface area contributed by atoms with Gasteiger partial charge >= 0.3 is 0 Å². The maximum atomic E-state index is 11.0. The quantitative estimate of drug-likeness (QED) is 0.0698. The maximum Gasteiger partial charge on any atom is 0.143 e. The summed E-state index contributed by atoms with van der Waals surface area (Å²) in [6.07, 6.45) is 22.9. The topological polar surface area (TPSA) is 49.7 Å². The number of benzene rings is 3. The molecule has 0 aromatic heterocycles. The number of hydrogen-bond donors (Lipinski definition) is 2. The molecule has 2 atom stereocenters. The Labute approximate surface area is 275 Å². The Bertz CT molecular complexity index is 988. The SMILES string of the molecule is CCCCCCCCCCCCCCCCCCCCC(O)C(O)COC(c1ccccc1)(c1ccccc1)c1ccccc1. The predicted molar refractivity (Wildman–Crippen MR) is 191 cm³/mol. The van der Waals surface area contributed by atoms with E-state index in [0.29, 0.717) is 6.42 Å². The summed E-state index contributed by atoms with van der Waals surface area (Å²) in [5.74, 6) is 0. The summed E-state index contributed by atoms with van der Waals surface area (Å²) in [6, 6.07) is 30.5. The molecule has 3 nitrogen and oxygen atoms in total. The molecule has 0 aliphatic rings. The molecule has 0 amide bonds. The van der Waals surface area contributed by atoms with Gasteiger partial charge in [0.2, 0.25) is 0 Å². The van der Waals surface area contributed by atoms with Crippen LogP contribution in [0.15, 0.2) is 91.0 Å². The lowest BCUT2D eigenvalue weighted by atomic mass is 9.80. The van der Waals surface area contributed by atoms with Crippen LogP contribution in [0.25, 0.3) is 0 Å². The summed E-state index contributed by atoms with van der Waals surface area (Å²) in [4.78, 5) is 0. The molecule has 0 fully saturated rings. The zero-order valence-corrected chi connectivity index (χ0v) is 28.3. The summed E-state index contributed by atoms with van der Waals surface area (Å²) in [7, 11) is 0. The van der Waals surface area contributed by atoms with E-state index in [9.17, 15) is 10.2 Å². The molecular weight excluding hydrogens is 552 g/mol. The zero-order chi connectivity index (χ0) is 31.8. The Morgan fingerprint density at radius 2 is 0.756 bits per heavy atom. The van der Waals surface area contributed by atoms with Crippen LogP contribution in [-0.4, -0.2) is 29.0 Å². The van der Waals surface area contributed by atoms with Gasteiger partial charge < -0.3 is 14.9 Å². The second kappa shape index (κ2) is 23.0. The molecule has 45 heavy (non-hydrogen) atoms. The Morgan fingerprint density at radius 1 is 0.444 bits per heavy atom. The van der Waals surface area contributed by atoms with Crippen molar-refractivity contribution in [3.8, 4) is 0 Å². The standard InChI is InChI=1S/C42H62O3/c1-2-3-4-5-6-7-8-9-10-11-12-13-14-15-16-17-18-28-35-40(43)41(44)36-45-42(37-29-22-19-23-30-37,38-31-24-20-25-32-38)39-33-26-21-27-34-39/h19-27,29-34,40-41,43-44H,2-18,28,35-36H2,1H3. The van der Waals surface area contributed by atoms with Gasteiger partial charge in [0.1, 0.15) is 11.7 Å². The van der Waals surface area contributed by atoms with Gasteiger partial charge in [-0.1, -0.05) is 213 Å². The van der Waals surface area contributed by atoms with E-state index < -0.39 is 17.8 Å². The number of aliphatic hydroxyl groups excluding tert-OH is 2. The first-order valence-electron chi connectivity index (χ1n) is 18.3. The number of hydrogen-bond acceptors (Lipinski definition) is 3. The fourth-order valence-corrected chi connectivity index (χ4v) is 6.54. The molecule has 0 heterocycles. The van der Waals surface area contributed by atoms with Crippen molar-refractivity contribution in [3.63, 3.8) is 0 Å². The van der Waals surface area contributed by atoms with Gasteiger partial charge in [-0.3, -0.25) is 0 Å². The maximum absolute atomic E-state index is 11.0. The highest BCUT2D eigenvalue weighted by atomic mass is 16.5. The molecule has 3 rings (SSSR count). The van der Waals surface area contributed by atoms with E-state index in [1.54, 1.807) is 0 Å². The van der Waals surface area contributed by atoms with Gasteiger partial charge in [0.25, 0.3) is 0 Å². The van der Waals surface area contributed by atoms with E-state index in [4.69, 9.17) is 4.74 Å². The van der Waals surface area contributed by atoms with E-state index in [-0.39, 0.29) is 6.61 Å². The monoisotopic (exact) mass is 614 g/mol. The minimum atomic E-state index is -0.952. The van der Waals surface area contributed by atoms with Crippen molar-refractivity contribution in [3.05, 3.63) is 108 Å². The molecule has 2 N–H and O–H groups in total. The lowest BCUT2D eigenvalue weighted by molar-refractivity contribution is -0.0802. The highest BCUT2D eigenvalue weighted by molar-refractivity contribution is 5.47. The smallest absolute Gasteiger partial charge is 0.143 e. The van der Waals surface area contributed by atoms with E-state index in [1.807, 2.05) is 54.6 Å². The van der Waals surface area contributed by atoms with Crippen LogP contribution in [0.4, 0.5) is 0 Å². The van der Waals surface area contributed by atoms with Gasteiger partial charge in [0.05, 0.1) is 12.7 Å². The molecular formula is C42H62O3. The zero-order valence-electron chi connectivity index (χ0n) is 28.3. The summed E-state index contributed by atoms with van der Waals surface area (Å²) < 4.78 is 6.70. The van der Waals surface area contributed by atoms with Gasteiger partial charge in [0.15, 0.2) is 0 Å². The molecule has 0 saturated carbocycles. The first kappa shape index (κ1) is 37.0. The van der Waals surface area contributed by atoms with Crippen LogP contribution >= 0.6 is 0 Å². The molecule has 0 bridgehead atoms. The first-order valence-corrected chi connectivity index (χ1v) is 18.3. The Hall–Kier alpha value is -2.46. The number of ether oxygens (including phenoxy) is 1. The van der Waals surface area contributed by atoms with E-state index in [1.165, 1.54) is 103 Å². The molecule has 0 spiro atoms. The fourth-order valence-electron chi connectivity index (χ4n) is 6.54. The highest BCUT2D eigenvalue weighted by Crippen LogP contribution is 2.40. The van der Waals surface area contributed by atoms with Crippen LogP contribution in [-0.2, 0) is 10.3 Å². The second-order valence-electron chi connectivity index (χ2n) is 13.0. The van der Waals surface area contributed by atoms with Gasteiger partial charge in [-0.25, -0.2) is 0 Å². The lowest BCUT2D eigenvalue weighted by Crippen LogP contribution is -2.39. The van der Waals surface area contributed by atoms with Crippen molar-refractivity contribution >= 4 is 0 Å². The second-order valence-corrected chi connectivity index (χ2v) is 13.0. The average Bonchev–Trinajstić information content (AvgIpc) is 3.09. The van der Waals surface area contributed by atoms with Crippen LogP contribution in [0, 0.1) is 0 Å². The Kier molecular flexibility index (Phi) is 18.9. The number of rotatable bonds is 26. The normalized spacial score (nSPS) is 13.1. The molecule has 3 aromatic rings. The van der Waals surface area contributed by atoms with Crippen molar-refractivity contribution in [2.45, 2.75) is 147 Å². The molecule has 0 aliphatic heterocycles. The summed E-state index contributed by atoms with van der Waals surface area (Å²) in [6.45, 7) is 2.33. The summed E-state index contributed by atoms with van der Waals surface area (Å²) in [5, 5.41) is 21.8. The molecule has 0 aliphatic carbocycles. The van der Waals surface area contributed by atoms with E-state index in [2.05, 4.69) is 43.3 Å². The largest absolute Gasteiger partial charge is 0.390 e. The van der Waals surface area contributed by atoms with Crippen molar-refractivity contribution in [1.29, 1.82) is 0 Å². The molecule has 2 unspecified atom stereocenters. The minimum Gasteiger partial charge on any atom is -0.390 e. The van der Waals surface area contributed by atoms with Gasteiger partial charge in [0, 0.05) is 0 Å². The number of aliphatic hydroxyl groups is 2. The molecule has 3 aromatic carbocycles. The van der Waals surface area contributed by atoms with Crippen LogP contribution in [0.3, 0.4) is 0 Å². The van der Waals surface area contributed by atoms with Gasteiger partial charge in [-0.15, -0.1) is 0 Å².